The van der Waals surface area contributed by atoms with E-state index < -0.39 is 10.0 Å². The highest BCUT2D eigenvalue weighted by Crippen LogP contribution is 2.28. The fourth-order valence-corrected chi connectivity index (χ4v) is 4.59. The van der Waals surface area contributed by atoms with Gasteiger partial charge in [-0.2, -0.15) is 0 Å². The van der Waals surface area contributed by atoms with E-state index in [4.69, 9.17) is 11.6 Å². The summed E-state index contributed by atoms with van der Waals surface area (Å²) < 4.78 is 26.6. The van der Waals surface area contributed by atoms with Crippen molar-refractivity contribution in [3.05, 3.63) is 29.3 Å². The molecule has 1 aromatic rings. The number of rotatable bonds is 9. The molecule has 2 N–H and O–H groups in total. The van der Waals surface area contributed by atoms with Crippen molar-refractivity contribution in [2.45, 2.75) is 49.8 Å². The van der Waals surface area contributed by atoms with Crippen molar-refractivity contribution in [1.29, 1.82) is 0 Å². The molecular weight excluding hydrogens is 348 g/mol. The minimum Gasteiger partial charge on any atom is -0.356 e. The number of carbonyl (C=O) groups excluding carboxylic acids is 1. The van der Waals surface area contributed by atoms with Gasteiger partial charge >= 0.3 is 0 Å². The van der Waals surface area contributed by atoms with E-state index in [1.807, 2.05) is 0 Å². The van der Waals surface area contributed by atoms with E-state index in [9.17, 15) is 13.2 Å². The lowest BCUT2D eigenvalue weighted by molar-refractivity contribution is -0.120. The van der Waals surface area contributed by atoms with Crippen LogP contribution >= 0.6 is 11.6 Å². The molecule has 1 amide bonds. The molecule has 0 aromatic heterocycles. The van der Waals surface area contributed by atoms with Crippen LogP contribution in [0.25, 0.3) is 0 Å². The lowest BCUT2D eigenvalue weighted by Crippen LogP contribution is -2.31. The SMILES string of the molecule is O=C(CCNS(=O)(=O)c1ccccc1Cl)NCCCC1CCCC1. The third-order valence-electron chi connectivity index (χ3n) is 4.36. The molecule has 134 valence electrons. The van der Waals surface area contributed by atoms with Crippen LogP contribution in [0, 0.1) is 5.92 Å². The van der Waals surface area contributed by atoms with Crippen LogP contribution < -0.4 is 10.0 Å². The van der Waals surface area contributed by atoms with Crippen molar-refractivity contribution in [2.75, 3.05) is 13.1 Å². The van der Waals surface area contributed by atoms with Crippen LogP contribution in [0.15, 0.2) is 29.2 Å². The lowest BCUT2D eigenvalue weighted by Gasteiger charge is -2.10. The Labute approximate surface area is 149 Å². The zero-order chi connectivity index (χ0) is 17.4. The molecule has 0 unspecified atom stereocenters. The topological polar surface area (TPSA) is 75.3 Å². The number of benzene rings is 1. The standard InChI is InChI=1S/C17H25ClN2O3S/c18-15-9-3-4-10-16(15)24(22,23)20-13-11-17(21)19-12-5-8-14-6-1-2-7-14/h3-4,9-10,14,20H,1-2,5-8,11-13H2,(H,19,21). The largest absolute Gasteiger partial charge is 0.356 e. The molecule has 0 aliphatic heterocycles. The van der Waals surface area contributed by atoms with Crippen LogP contribution in [0.2, 0.25) is 5.02 Å². The second kappa shape index (κ2) is 9.39. The van der Waals surface area contributed by atoms with Crippen molar-refractivity contribution in [2.24, 2.45) is 5.92 Å². The van der Waals surface area contributed by atoms with Gasteiger partial charge in [0.2, 0.25) is 15.9 Å². The molecule has 1 saturated carbocycles. The van der Waals surface area contributed by atoms with Crippen LogP contribution in [-0.4, -0.2) is 27.4 Å². The molecule has 0 spiro atoms. The Kier molecular flexibility index (Phi) is 7.52. The Balaban J connectivity index is 1.64. The summed E-state index contributed by atoms with van der Waals surface area (Å²) in [5, 5.41) is 3.01. The zero-order valence-electron chi connectivity index (χ0n) is 13.8. The number of amides is 1. The average molecular weight is 373 g/mol. The Morgan fingerprint density at radius 2 is 1.88 bits per heavy atom. The minimum absolute atomic E-state index is 0.0311. The number of nitrogens with one attached hydrogen (secondary N) is 2. The van der Waals surface area contributed by atoms with Gasteiger partial charge in [0, 0.05) is 19.5 Å². The smallest absolute Gasteiger partial charge is 0.242 e. The molecule has 24 heavy (non-hydrogen) atoms. The maximum Gasteiger partial charge on any atom is 0.242 e. The van der Waals surface area contributed by atoms with Gasteiger partial charge in [-0.15, -0.1) is 0 Å². The summed E-state index contributed by atoms with van der Waals surface area (Å²) in [5.41, 5.74) is 0. The van der Waals surface area contributed by atoms with E-state index in [-0.39, 0.29) is 28.8 Å². The molecule has 1 aliphatic rings. The number of halogens is 1. The van der Waals surface area contributed by atoms with Crippen molar-refractivity contribution >= 4 is 27.5 Å². The Morgan fingerprint density at radius 3 is 2.58 bits per heavy atom. The Morgan fingerprint density at radius 1 is 1.17 bits per heavy atom. The van der Waals surface area contributed by atoms with Gasteiger partial charge in [-0.3, -0.25) is 4.79 Å². The van der Waals surface area contributed by atoms with Crippen molar-refractivity contribution in [1.82, 2.24) is 10.0 Å². The molecule has 0 bridgehead atoms. The molecule has 0 saturated heterocycles. The maximum atomic E-state index is 12.1. The molecular formula is C17H25ClN2O3S. The van der Waals surface area contributed by atoms with Crippen LogP contribution in [0.5, 0.6) is 0 Å². The second-order valence-electron chi connectivity index (χ2n) is 6.22. The Bertz CT molecular complexity index is 643. The highest BCUT2D eigenvalue weighted by molar-refractivity contribution is 7.89. The molecule has 0 heterocycles. The molecule has 2 rings (SSSR count). The van der Waals surface area contributed by atoms with Crippen LogP contribution in [-0.2, 0) is 14.8 Å². The average Bonchev–Trinajstić information content (AvgIpc) is 3.05. The summed E-state index contributed by atoms with van der Waals surface area (Å²) >= 11 is 5.89. The number of hydrogen-bond acceptors (Lipinski definition) is 3. The van der Waals surface area contributed by atoms with E-state index in [1.54, 1.807) is 12.1 Å². The first-order valence-electron chi connectivity index (χ1n) is 8.50. The molecule has 0 atom stereocenters. The first-order valence-corrected chi connectivity index (χ1v) is 10.4. The van der Waals surface area contributed by atoms with E-state index in [0.29, 0.717) is 6.54 Å². The van der Waals surface area contributed by atoms with Gasteiger partial charge in [0.25, 0.3) is 0 Å². The van der Waals surface area contributed by atoms with Crippen molar-refractivity contribution in [3.63, 3.8) is 0 Å². The quantitative estimate of drug-likeness (QED) is 0.654. The number of carbonyl (C=O) groups is 1. The predicted molar refractivity (Wildman–Crippen MR) is 95.5 cm³/mol. The van der Waals surface area contributed by atoms with E-state index in [2.05, 4.69) is 10.0 Å². The lowest BCUT2D eigenvalue weighted by atomic mass is 10.0. The summed E-state index contributed by atoms with van der Waals surface area (Å²) in [6.45, 7) is 0.717. The van der Waals surface area contributed by atoms with Gasteiger partial charge in [0.15, 0.2) is 0 Å². The van der Waals surface area contributed by atoms with Crippen LogP contribution in [0.1, 0.15) is 44.9 Å². The molecule has 1 fully saturated rings. The summed E-state index contributed by atoms with van der Waals surface area (Å²) in [5.74, 6) is 0.688. The molecule has 5 nitrogen and oxygen atoms in total. The summed E-state index contributed by atoms with van der Waals surface area (Å²) in [4.78, 5) is 11.8. The summed E-state index contributed by atoms with van der Waals surface area (Å²) in [6.07, 6.45) is 7.58. The predicted octanol–water partition coefficient (Wildman–Crippen LogP) is 3.10. The summed E-state index contributed by atoms with van der Waals surface area (Å²) in [7, 11) is -3.68. The van der Waals surface area contributed by atoms with Crippen molar-refractivity contribution in [3.8, 4) is 0 Å². The summed E-state index contributed by atoms with van der Waals surface area (Å²) in [6, 6.07) is 6.23. The number of sulfonamides is 1. The van der Waals surface area contributed by atoms with E-state index in [1.165, 1.54) is 44.2 Å². The van der Waals surface area contributed by atoms with Gasteiger partial charge in [-0.1, -0.05) is 49.4 Å². The third kappa shape index (κ3) is 6.07. The van der Waals surface area contributed by atoms with E-state index in [0.717, 1.165) is 12.3 Å². The fourth-order valence-electron chi connectivity index (χ4n) is 3.05. The van der Waals surface area contributed by atoms with Crippen LogP contribution in [0.4, 0.5) is 0 Å². The zero-order valence-corrected chi connectivity index (χ0v) is 15.3. The fraction of sp³-hybridized carbons (Fsp3) is 0.588. The maximum absolute atomic E-state index is 12.1. The Hall–Kier alpha value is -1.11. The highest BCUT2D eigenvalue weighted by atomic mass is 35.5. The third-order valence-corrected chi connectivity index (χ3v) is 6.32. The normalized spacial score (nSPS) is 15.5. The molecule has 0 radical (unpaired) electrons. The minimum atomic E-state index is -3.68. The van der Waals surface area contributed by atoms with Crippen LogP contribution in [0.3, 0.4) is 0 Å². The second-order valence-corrected chi connectivity index (χ2v) is 8.36. The van der Waals surface area contributed by atoms with Gasteiger partial charge in [0.1, 0.15) is 4.90 Å². The monoisotopic (exact) mass is 372 g/mol. The van der Waals surface area contributed by atoms with Gasteiger partial charge in [0.05, 0.1) is 5.02 Å². The first-order chi connectivity index (χ1) is 11.5. The van der Waals surface area contributed by atoms with Gasteiger partial charge in [-0.25, -0.2) is 13.1 Å². The number of hydrogen-bond donors (Lipinski definition) is 2. The van der Waals surface area contributed by atoms with Gasteiger partial charge < -0.3 is 5.32 Å². The molecule has 1 aromatic carbocycles. The molecule has 1 aliphatic carbocycles. The highest BCUT2D eigenvalue weighted by Gasteiger charge is 2.17. The van der Waals surface area contributed by atoms with Crippen molar-refractivity contribution < 1.29 is 13.2 Å². The van der Waals surface area contributed by atoms with Gasteiger partial charge in [-0.05, 0) is 30.9 Å². The van der Waals surface area contributed by atoms with E-state index >= 15 is 0 Å². The molecule has 7 heteroatoms. The first kappa shape index (κ1) is 19.2.